The largest absolute Gasteiger partial charge is 0.383 e. The molecule has 182 valence electrons. The van der Waals surface area contributed by atoms with Gasteiger partial charge in [-0.2, -0.15) is 0 Å². The molecule has 6 heteroatoms. The van der Waals surface area contributed by atoms with Crippen molar-refractivity contribution >= 4 is 22.5 Å². The van der Waals surface area contributed by atoms with Crippen LogP contribution < -0.4 is 10.6 Å². The van der Waals surface area contributed by atoms with E-state index in [2.05, 4.69) is 78.4 Å². The number of hydrogen-bond donors (Lipinski definition) is 2. The molecule has 1 aliphatic heterocycles. The summed E-state index contributed by atoms with van der Waals surface area (Å²) in [5.74, 6) is 1.09. The molecular formula is C29H35N5O. The molecule has 5 rings (SSSR count). The fraction of sp³-hybridized carbons (Fsp3) is 0.379. The number of hydrogen-bond acceptors (Lipinski definition) is 5. The van der Waals surface area contributed by atoms with Gasteiger partial charge in [-0.3, -0.25) is 0 Å². The molecule has 0 aliphatic carbocycles. The minimum Gasteiger partial charge on any atom is -0.383 e. The molecule has 0 amide bonds. The standard InChI is InChI=1S/C29H35N5O/c1-5-27-33-28-19(2)14-20(3)31-29(28)34(27)18-22-7-11-26-24(16-22)9-8-23-15-21(6-10-25(23)32-26)17-30-12-13-35-4/h6-7,10-11,14-16,30,32H,5,8-9,12-13,17-18H2,1-4H3. The Bertz CT molecular complexity index is 1360. The highest BCUT2D eigenvalue weighted by Crippen LogP contribution is 2.32. The second-order valence-electron chi connectivity index (χ2n) is 9.50. The van der Waals surface area contributed by atoms with Crippen molar-refractivity contribution < 1.29 is 4.74 Å². The summed E-state index contributed by atoms with van der Waals surface area (Å²) in [5.41, 5.74) is 12.0. The number of ether oxygens (including phenoxy) is 1. The van der Waals surface area contributed by atoms with Gasteiger partial charge in [-0.25, -0.2) is 9.97 Å². The van der Waals surface area contributed by atoms with E-state index < -0.39 is 0 Å². The van der Waals surface area contributed by atoms with E-state index in [0.29, 0.717) is 0 Å². The lowest BCUT2D eigenvalue weighted by atomic mass is 10.0. The maximum absolute atomic E-state index is 5.13. The Morgan fingerprint density at radius 2 is 1.69 bits per heavy atom. The first-order valence-electron chi connectivity index (χ1n) is 12.6. The lowest BCUT2D eigenvalue weighted by Crippen LogP contribution is -2.18. The molecule has 0 radical (unpaired) electrons. The zero-order valence-corrected chi connectivity index (χ0v) is 21.2. The van der Waals surface area contributed by atoms with Crippen molar-refractivity contribution in [2.24, 2.45) is 0 Å². The summed E-state index contributed by atoms with van der Waals surface area (Å²) in [6, 6.07) is 15.7. The first kappa shape index (κ1) is 23.5. The Labute approximate surface area is 207 Å². The number of rotatable bonds is 8. The van der Waals surface area contributed by atoms with Gasteiger partial charge in [0.2, 0.25) is 0 Å². The molecule has 0 spiro atoms. The van der Waals surface area contributed by atoms with E-state index in [-0.39, 0.29) is 0 Å². The van der Waals surface area contributed by atoms with Crippen LogP contribution in [0.25, 0.3) is 11.2 Å². The molecule has 3 heterocycles. The summed E-state index contributed by atoms with van der Waals surface area (Å²) < 4.78 is 7.42. The molecule has 0 unspecified atom stereocenters. The van der Waals surface area contributed by atoms with Gasteiger partial charge in [0.25, 0.3) is 0 Å². The number of pyridine rings is 1. The van der Waals surface area contributed by atoms with E-state index in [1.807, 2.05) is 0 Å². The maximum Gasteiger partial charge on any atom is 0.160 e. The number of methoxy groups -OCH3 is 1. The molecule has 0 saturated heterocycles. The third kappa shape index (κ3) is 4.95. The molecule has 2 aromatic carbocycles. The van der Waals surface area contributed by atoms with Crippen molar-refractivity contribution in [1.82, 2.24) is 19.9 Å². The van der Waals surface area contributed by atoms with Crippen LogP contribution in [0.2, 0.25) is 0 Å². The zero-order valence-electron chi connectivity index (χ0n) is 21.2. The van der Waals surface area contributed by atoms with E-state index in [1.165, 1.54) is 39.2 Å². The summed E-state index contributed by atoms with van der Waals surface area (Å²) in [7, 11) is 1.73. The summed E-state index contributed by atoms with van der Waals surface area (Å²) in [6.45, 7) is 9.59. The molecule has 4 aromatic rings. The number of aryl methyl sites for hydroxylation is 5. The van der Waals surface area contributed by atoms with Crippen LogP contribution in [0.15, 0.2) is 42.5 Å². The highest BCUT2D eigenvalue weighted by atomic mass is 16.5. The number of anilines is 2. The van der Waals surface area contributed by atoms with E-state index >= 15 is 0 Å². The minimum atomic E-state index is 0.730. The van der Waals surface area contributed by atoms with Gasteiger partial charge in [0.05, 0.1) is 13.2 Å². The summed E-state index contributed by atoms with van der Waals surface area (Å²) in [4.78, 5) is 9.76. The van der Waals surface area contributed by atoms with Crippen molar-refractivity contribution in [3.63, 3.8) is 0 Å². The molecule has 2 aromatic heterocycles. The van der Waals surface area contributed by atoms with Gasteiger partial charge in [-0.1, -0.05) is 31.2 Å². The molecule has 0 atom stereocenters. The summed E-state index contributed by atoms with van der Waals surface area (Å²) >= 11 is 0. The fourth-order valence-corrected chi connectivity index (χ4v) is 5.05. The lowest BCUT2D eigenvalue weighted by Gasteiger charge is -2.13. The number of aromatic nitrogens is 3. The predicted molar refractivity (Wildman–Crippen MR) is 143 cm³/mol. The van der Waals surface area contributed by atoms with E-state index in [0.717, 1.165) is 68.2 Å². The van der Waals surface area contributed by atoms with Crippen molar-refractivity contribution in [2.45, 2.75) is 53.1 Å². The zero-order chi connectivity index (χ0) is 24.4. The van der Waals surface area contributed by atoms with E-state index in [9.17, 15) is 0 Å². The Morgan fingerprint density at radius 3 is 2.40 bits per heavy atom. The van der Waals surface area contributed by atoms with Gasteiger partial charge < -0.3 is 19.9 Å². The topological polar surface area (TPSA) is 64.0 Å². The molecular weight excluding hydrogens is 434 g/mol. The van der Waals surface area contributed by atoms with Gasteiger partial charge in [0, 0.05) is 43.7 Å². The van der Waals surface area contributed by atoms with Crippen LogP contribution in [-0.4, -0.2) is 34.8 Å². The Kier molecular flexibility index (Phi) is 6.84. The Morgan fingerprint density at radius 1 is 0.971 bits per heavy atom. The van der Waals surface area contributed by atoms with Crippen LogP contribution in [0.3, 0.4) is 0 Å². The van der Waals surface area contributed by atoms with Crippen molar-refractivity contribution in [1.29, 1.82) is 0 Å². The molecule has 0 saturated carbocycles. The number of nitrogens with zero attached hydrogens (tertiary/aromatic N) is 3. The molecule has 6 nitrogen and oxygen atoms in total. The first-order chi connectivity index (χ1) is 17.1. The molecule has 2 N–H and O–H groups in total. The molecule has 1 aliphatic rings. The molecule has 0 bridgehead atoms. The third-order valence-electron chi connectivity index (χ3n) is 6.84. The lowest BCUT2D eigenvalue weighted by molar-refractivity contribution is 0.199. The van der Waals surface area contributed by atoms with Gasteiger partial charge in [-0.15, -0.1) is 0 Å². The normalized spacial score (nSPS) is 12.8. The second-order valence-corrected chi connectivity index (χ2v) is 9.50. The van der Waals surface area contributed by atoms with E-state index in [1.54, 1.807) is 7.11 Å². The quantitative estimate of drug-likeness (QED) is 0.346. The van der Waals surface area contributed by atoms with Gasteiger partial charge >= 0.3 is 0 Å². The number of fused-ring (bicyclic) bond motifs is 3. The van der Waals surface area contributed by atoms with Gasteiger partial charge in [0.15, 0.2) is 5.65 Å². The summed E-state index contributed by atoms with van der Waals surface area (Å²) in [6.07, 6.45) is 2.93. The number of imidazole rings is 1. The molecule has 0 fully saturated rings. The first-order valence-corrected chi connectivity index (χ1v) is 12.6. The van der Waals surface area contributed by atoms with Crippen molar-refractivity contribution in [2.75, 3.05) is 25.6 Å². The Balaban J connectivity index is 1.37. The SMILES string of the molecule is CCc1nc2c(C)cc(C)nc2n1Cc1ccc2c(c1)CCc1cc(CNCCOC)ccc1N2. The number of nitrogens with one attached hydrogen (secondary N) is 2. The highest BCUT2D eigenvalue weighted by molar-refractivity contribution is 5.76. The van der Waals surface area contributed by atoms with Crippen LogP contribution in [0, 0.1) is 13.8 Å². The van der Waals surface area contributed by atoms with Crippen LogP contribution in [-0.2, 0) is 37.1 Å². The Hall–Kier alpha value is -3.22. The fourth-order valence-electron chi connectivity index (χ4n) is 5.05. The monoisotopic (exact) mass is 469 g/mol. The summed E-state index contributed by atoms with van der Waals surface area (Å²) in [5, 5.41) is 7.13. The van der Waals surface area contributed by atoms with Crippen molar-refractivity contribution in [3.05, 3.63) is 81.8 Å². The van der Waals surface area contributed by atoms with E-state index in [4.69, 9.17) is 14.7 Å². The van der Waals surface area contributed by atoms with Crippen LogP contribution >= 0.6 is 0 Å². The second kappa shape index (κ2) is 10.2. The van der Waals surface area contributed by atoms with Crippen LogP contribution in [0.1, 0.15) is 46.3 Å². The van der Waals surface area contributed by atoms with Gasteiger partial charge in [0.1, 0.15) is 11.3 Å². The predicted octanol–water partition coefficient (Wildman–Crippen LogP) is 5.24. The third-order valence-corrected chi connectivity index (χ3v) is 6.84. The van der Waals surface area contributed by atoms with Crippen LogP contribution in [0.4, 0.5) is 11.4 Å². The van der Waals surface area contributed by atoms with Crippen molar-refractivity contribution in [3.8, 4) is 0 Å². The molecule has 35 heavy (non-hydrogen) atoms. The average Bonchev–Trinajstić information content (AvgIpc) is 3.09. The van der Waals surface area contributed by atoms with Crippen LogP contribution in [0.5, 0.6) is 0 Å². The minimum absolute atomic E-state index is 0.730. The smallest absolute Gasteiger partial charge is 0.160 e. The highest BCUT2D eigenvalue weighted by Gasteiger charge is 2.17. The average molecular weight is 470 g/mol. The van der Waals surface area contributed by atoms with Gasteiger partial charge in [-0.05, 0) is 72.7 Å². The maximum atomic E-state index is 5.13. The number of benzene rings is 2.